The zero-order valence-electron chi connectivity index (χ0n) is 12.8. The molecule has 0 aliphatic carbocycles. The van der Waals surface area contributed by atoms with Crippen molar-refractivity contribution in [3.05, 3.63) is 30.0 Å². The average Bonchev–Trinajstić information content (AvgIpc) is 2.88. The summed E-state index contributed by atoms with van der Waals surface area (Å²) in [5.41, 5.74) is 6.46. The normalized spacial score (nSPS) is 11.4. The minimum Gasteiger partial charge on any atom is -0.354 e. The number of hydrogen-bond donors (Lipinski definition) is 4. The molecular formula is C15H21N5O2. The molecule has 0 unspecified atom stereocenters. The van der Waals surface area contributed by atoms with E-state index in [1.54, 1.807) is 0 Å². The fourth-order valence-corrected chi connectivity index (χ4v) is 1.92. The summed E-state index contributed by atoms with van der Waals surface area (Å²) in [6, 6.07) is 7.38. The lowest BCUT2D eigenvalue weighted by Crippen LogP contribution is -2.45. The van der Waals surface area contributed by atoms with E-state index < -0.39 is 5.54 Å². The number of nitrogens with zero attached hydrogens (tertiary/aromatic N) is 1. The van der Waals surface area contributed by atoms with Gasteiger partial charge in [0, 0.05) is 30.4 Å². The Balaban J connectivity index is 1.82. The van der Waals surface area contributed by atoms with Gasteiger partial charge in [-0.1, -0.05) is 18.2 Å². The molecule has 7 nitrogen and oxygen atoms in total. The molecule has 118 valence electrons. The molecule has 22 heavy (non-hydrogen) atoms. The highest BCUT2D eigenvalue weighted by Gasteiger charge is 2.15. The van der Waals surface area contributed by atoms with E-state index in [0.717, 1.165) is 10.9 Å². The van der Waals surface area contributed by atoms with Crippen molar-refractivity contribution in [2.75, 3.05) is 13.1 Å². The predicted octanol–water partition coefficient (Wildman–Crippen LogP) is 0.536. The Bertz CT molecular complexity index is 672. The van der Waals surface area contributed by atoms with Gasteiger partial charge in [-0.2, -0.15) is 5.10 Å². The summed E-state index contributed by atoms with van der Waals surface area (Å²) >= 11 is 0. The van der Waals surface area contributed by atoms with Crippen LogP contribution in [0.4, 0.5) is 0 Å². The summed E-state index contributed by atoms with van der Waals surface area (Å²) in [6.45, 7) is 4.30. The van der Waals surface area contributed by atoms with Gasteiger partial charge in [0.15, 0.2) is 5.69 Å². The summed E-state index contributed by atoms with van der Waals surface area (Å²) in [4.78, 5) is 23.7. The van der Waals surface area contributed by atoms with Crippen molar-refractivity contribution >= 4 is 22.7 Å². The van der Waals surface area contributed by atoms with Gasteiger partial charge in [0.1, 0.15) is 0 Å². The Labute approximate surface area is 128 Å². The molecule has 0 radical (unpaired) electrons. The number of nitrogens with one attached hydrogen (secondary N) is 3. The zero-order chi connectivity index (χ0) is 16.2. The number of hydrogen-bond acceptors (Lipinski definition) is 4. The van der Waals surface area contributed by atoms with Crippen molar-refractivity contribution in [3.63, 3.8) is 0 Å². The summed E-state index contributed by atoms with van der Waals surface area (Å²) in [7, 11) is 0. The van der Waals surface area contributed by atoms with Gasteiger partial charge in [-0.25, -0.2) is 0 Å². The van der Waals surface area contributed by atoms with E-state index in [1.807, 2.05) is 38.1 Å². The van der Waals surface area contributed by atoms with Crippen LogP contribution in [0.5, 0.6) is 0 Å². The van der Waals surface area contributed by atoms with Crippen LogP contribution in [0.25, 0.3) is 10.9 Å². The molecule has 0 atom stereocenters. The van der Waals surface area contributed by atoms with Crippen LogP contribution in [0, 0.1) is 0 Å². The van der Waals surface area contributed by atoms with E-state index in [4.69, 9.17) is 5.73 Å². The fourth-order valence-electron chi connectivity index (χ4n) is 1.92. The number of aromatic nitrogens is 2. The van der Waals surface area contributed by atoms with Crippen LogP contribution in [0.3, 0.4) is 0 Å². The predicted molar refractivity (Wildman–Crippen MR) is 84.3 cm³/mol. The van der Waals surface area contributed by atoms with E-state index in [9.17, 15) is 9.59 Å². The quantitative estimate of drug-likeness (QED) is 0.623. The van der Waals surface area contributed by atoms with Gasteiger partial charge in [-0.05, 0) is 19.9 Å². The van der Waals surface area contributed by atoms with Crippen molar-refractivity contribution in [1.82, 2.24) is 20.8 Å². The van der Waals surface area contributed by atoms with Crippen LogP contribution < -0.4 is 16.4 Å². The molecule has 7 heteroatoms. The van der Waals surface area contributed by atoms with Gasteiger partial charge >= 0.3 is 0 Å². The number of fused-ring (bicyclic) bond motifs is 1. The van der Waals surface area contributed by atoms with E-state index >= 15 is 0 Å². The van der Waals surface area contributed by atoms with Crippen LogP contribution in [-0.4, -0.2) is 40.6 Å². The first-order chi connectivity index (χ1) is 10.4. The minimum absolute atomic E-state index is 0.147. The molecule has 1 heterocycles. The number of carbonyl (C=O) groups is 2. The van der Waals surface area contributed by atoms with E-state index in [0.29, 0.717) is 12.2 Å². The molecule has 0 aliphatic rings. The Hall–Kier alpha value is -2.41. The van der Waals surface area contributed by atoms with E-state index in [1.165, 1.54) is 0 Å². The molecule has 5 N–H and O–H groups in total. The van der Waals surface area contributed by atoms with Crippen molar-refractivity contribution < 1.29 is 9.59 Å². The zero-order valence-corrected chi connectivity index (χ0v) is 12.8. The SMILES string of the molecule is CC(C)(N)CNC(=O)CCNC(=O)c1n[nH]c2ccccc12. The van der Waals surface area contributed by atoms with E-state index in [2.05, 4.69) is 20.8 Å². The van der Waals surface area contributed by atoms with Crippen LogP contribution in [-0.2, 0) is 4.79 Å². The highest BCUT2D eigenvalue weighted by molar-refractivity contribution is 6.04. The molecule has 1 aromatic carbocycles. The third-order valence-electron chi connectivity index (χ3n) is 3.06. The van der Waals surface area contributed by atoms with Crippen LogP contribution in [0.1, 0.15) is 30.8 Å². The van der Waals surface area contributed by atoms with Crippen LogP contribution in [0.15, 0.2) is 24.3 Å². The van der Waals surface area contributed by atoms with Gasteiger partial charge in [-0.15, -0.1) is 0 Å². The van der Waals surface area contributed by atoms with Crippen molar-refractivity contribution in [2.24, 2.45) is 5.73 Å². The number of H-pyrrole nitrogens is 1. The second-order valence-corrected chi connectivity index (χ2v) is 5.89. The lowest BCUT2D eigenvalue weighted by atomic mass is 10.1. The molecule has 0 bridgehead atoms. The highest BCUT2D eigenvalue weighted by atomic mass is 16.2. The monoisotopic (exact) mass is 303 g/mol. The molecule has 2 amide bonds. The first kappa shape index (κ1) is 16.0. The Kier molecular flexibility index (Phi) is 4.77. The number of rotatable bonds is 6. The maximum absolute atomic E-state index is 12.1. The Morgan fingerprint density at radius 2 is 2.00 bits per heavy atom. The van der Waals surface area contributed by atoms with Gasteiger partial charge in [0.25, 0.3) is 5.91 Å². The van der Waals surface area contributed by atoms with Crippen LogP contribution in [0.2, 0.25) is 0 Å². The third kappa shape index (κ3) is 4.29. The second kappa shape index (κ2) is 6.57. The molecule has 0 aliphatic heterocycles. The molecule has 2 rings (SSSR count). The maximum atomic E-state index is 12.1. The summed E-state index contributed by atoms with van der Waals surface area (Å²) in [5.74, 6) is -0.449. The Morgan fingerprint density at radius 1 is 1.27 bits per heavy atom. The lowest BCUT2D eigenvalue weighted by Gasteiger charge is -2.18. The number of nitrogens with two attached hydrogens (primary N) is 1. The van der Waals surface area contributed by atoms with Gasteiger partial charge in [0.2, 0.25) is 5.91 Å². The fraction of sp³-hybridized carbons (Fsp3) is 0.400. The van der Waals surface area contributed by atoms with Crippen molar-refractivity contribution in [2.45, 2.75) is 25.8 Å². The van der Waals surface area contributed by atoms with Gasteiger partial charge in [-0.3, -0.25) is 14.7 Å². The largest absolute Gasteiger partial charge is 0.354 e. The maximum Gasteiger partial charge on any atom is 0.272 e. The summed E-state index contributed by atoms with van der Waals surface area (Å²) in [5, 5.41) is 13.0. The number of carbonyl (C=O) groups excluding carboxylic acids is 2. The molecule has 0 spiro atoms. The van der Waals surface area contributed by atoms with Crippen LogP contribution >= 0.6 is 0 Å². The summed E-state index contributed by atoms with van der Waals surface area (Å²) in [6.07, 6.45) is 0.199. The summed E-state index contributed by atoms with van der Waals surface area (Å²) < 4.78 is 0. The molecule has 0 saturated carbocycles. The molecule has 2 aromatic rings. The van der Waals surface area contributed by atoms with Gasteiger partial charge in [0.05, 0.1) is 5.52 Å². The third-order valence-corrected chi connectivity index (χ3v) is 3.06. The molecule has 1 aromatic heterocycles. The lowest BCUT2D eigenvalue weighted by molar-refractivity contribution is -0.121. The minimum atomic E-state index is -0.452. The molecular weight excluding hydrogens is 282 g/mol. The second-order valence-electron chi connectivity index (χ2n) is 5.89. The topological polar surface area (TPSA) is 113 Å². The van der Waals surface area contributed by atoms with Crippen molar-refractivity contribution in [1.29, 1.82) is 0 Å². The average molecular weight is 303 g/mol. The number of benzene rings is 1. The van der Waals surface area contributed by atoms with Gasteiger partial charge < -0.3 is 16.4 Å². The number of aromatic amines is 1. The molecule has 0 saturated heterocycles. The number of amides is 2. The number of para-hydroxylation sites is 1. The van der Waals surface area contributed by atoms with Crippen molar-refractivity contribution in [3.8, 4) is 0 Å². The van der Waals surface area contributed by atoms with E-state index in [-0.39, 0.29) is 24.8 Å². The molecule has 0 fully saturated rings. The smallest absolute Gasteiger partial charge is 0.272 e. The standard InChI is InChI=1S/C15H21N5O2/c1-15(2,16)9-18-12(21)7-8-17-14(22)13-10-5-3-4-6-11(10)19-20-13/h3-6H,7-9,16H2,1-2H3,(H,17,22)(H,18,21)(H,19,20). The Morgan fingerprint density at radius 3 is 2.73 bits per heavy atom. The highest BCUT2D eigenvalue weighted by Crippen LogP contribution is 2.14. The first-order valence-electron chi connectivity index (χ1n) is 7.14. The first-order valence-corrected chi connectivity index (χ1v) is 7.14.